The molecule has 0 atom stereocenters. The third-order valence-electron chi connectivity index (χ3n) is 5.64. The molecule has 0 saturated heterocycles. The van der Waals surface area contributed by atoms with Crippen LogP contribution in [0.4, 0.5) is 0 Å². The van der Waals surface area contributed by atoms with Gasteiger partial charge in [0.2, 0.25) is 0 Å². The zero-order valence-electron chi connectivity index (χ0n) is 18.1. The maximum absolute atomic E-state index is 13.2. The first-order chi connectivity index (χ1) is 16.1. The Kier molecular flexibility index (Phi) is 5.44. The largest absolute Gasteiger partial charge is 0.460 e. The van der Waals surface area contributed by atoms with Gasteiger partial charge >= 0.3 is 5.76 Å². The SMILES string of the molecule is CCCc1nc2ccccc2c(=O)n1Cc1ccc(-c2ccccc2-c2nc(=O)o[nH]2)cc1. The van der Waals surface area contributed by atoms with Crippen LogP contribution >= 0.6 is 0 Å². The molecule has 1 N–H and O–H groups in total. The van der Waals surface area contributed by atoms with E-state index in [2.05, 4.69) is 17.1 Å². The van der Waals surface area contributed by atoms with E-state index in [1.165, 1.54) is 0 Å². The highest BCUT2D eigenvalue weighted by molar-refractivity contribution is 5.80. The summed E-state index contributed by atoms with van der Waals surface area (Å²) in [6, 6.07) is 23.2. The van der Waals surface area contributed by atoms with Crippen LogP contribution in [0.1, 0.15) is 24.7 Å². The van der Waals surface area contributed by atoms with Crippen molar-refractivity contribution in [3.8, 4) is 22.5 Å². The summed E-state index contributed by atoms with van der Waals surface area (Å²) in [7, 11) is 0. The van der Waals surface area contributed by atoms with Crippen LogP contribution in [0.15, 0.2) is 86.9 Å². The number of hydrogen-bond donors (Lipinski definition) is 1. The Morgan fingerprint density at radius 2 is 1.61 bits per heavy atom. The maximum Gasteiger partial charge on any atom is 0.460 e. The molecule has 7 nitrogen and oxygen atoms in total. The summed E-state index contributed by atoms with van der Waals surface area (Å²) in [6.07, 6.45) is 1.64. The molecule has 3 aromatic carbocycles. The molecule has 33 heavy (non-hydrogen) atoms. The number of fused-ring (bicyclic) bond motifs is 1. The molecule has 0 bridgehead atoms. The van der Waals surface area contributed by atoms with Crippen LogP contribution in [0.5, 0.6) is 0 Å². The average molecular weight is 438 g/mol. The summed E-state index contributed by atoms with van der Waals surface area (Å²) in [6.45, 7) is 2.53. The summed E-state index contributed by atoms with van der Waals surface area (Å²) in [5.74, 6) is 0.524. The normalized spacial score (nSPS) is 11.2. The van der Waals surface area contributed by atoms with E-state index in [1.807, 2.05) is 72.8 Å². The van der Waals surface area contributed by atoms with Crippen LogP contribution < -0.4 is 11.3 Å². The van der Waals surface area contributed by atoms with Crippen molar-refractivity contribution >= 4 is 10.9 Å². The molecule has 0 radical (unpaired) electrons. The Morgan fingerprint density at radius 1 is 0.879 bits per heavy atom. The van der Waals surface area contributed by atoms with Crippen molar-refractivity contribution in [1.82, 2.24) is 19.7 Å². The van der Waals surface area contributed by atoms with Gasteiger partial charge in [0.1, 0.15) is 5.82 Å². The summed E-state index contributed by atoms with van der Waals surface area (Å²) in [4.78, 5) is 33.2. The molecule has 0 unspecified atom stereocenters. The Labute approximate surface area is 189 Å². The highest BCUT2D eigenvalue weighted by atomic mass is 16.5. The number of aromatic nitrogens is 4. The molecule has 164 valence electrons. The number of H-pyrrole nitrogens is 1. The van der Waals surface area contributed by atoms with Gasteiger partial charge in [-0.2, -0.15) is 10.1 Å². The zero-order valence-corrected chi connectivity index (χ0v) is 18.1. The zero-order chi connectivity index (χ0) is 22.8. The lowest BCUT2D eigenvalue weighted by molar-refractivity contribution is 0.388. The van der Waals surface area contributed by atoms with Gasteiger partial charge in [0.05, 0.1) is 17.4 Å². The molecule has 0 spiro atoms. The minimum absolute atomic E-state index is 0.0199. The van der Waals surface area contributed by atoms with Gasteiger partial charge in [-0.25, -0.2) is 9.78 Å². The summed E-state index contributed by atoms with van der Waals surface area (Å²) in [5, 5.41) is 3.20. The Hall–Kier alpha value is -4.26. The van der Waals surface area contributed by atoms with Gasteiger partial charge in [-0.3, -0.25) is 9.36 Å². The Bertz CT molecular complexity index is 1540. The van der Waals surface area contributed by atoms with E-state index in [1.54, 1.807) is 4.57 Å². The summed E-state index contributed by atoms with van der Waals surface area (Å²) >= 11 is 0. The second-order valence-electron chi connectivity index (χ2n) is 7.86. The molecule has 5 aromatic rings. The van der Waals surface area contributed by atoms with E-state index in [0.717, 1.165) is 46.4 Å². The number of aryl methyl sites for hydroxylation is 1. The van der Waals surface area contributed by atoms with Crippen molar-refractivity contribution in [3.05, 3.63) is 105 Å². The topological polar surface area (TPSA) is 93.8 Å². The molecule has 2 heterocycles. The van der Waals surface area contributed by atoms with Gasteiger partial charge in [0, 0.05) is 12.0 Å². The maximum atomic E-state index is 13.2. The second-order valence-corrected chi connectivity index (χ2v) is 7.86. The van der Waals surface area contributed by atoms with E-state index >= 15 is 0 Å². The van der Waals surface area contributed by atoms with E-state index < -0.39 is 5.76 Å². The fourth-order valence-corrected chi connectivity index (χ4v) is 4.05. The summed E-state index contributed by atoms with van der Waals surface area (Å²) in [5.41, 5.74) is 4.38. The van der Waals surface area contributed by atoms with Crippen LogP contribution in [0.3, 0.4) is 0 Å². The van der Waals surface area contributed by atoms with Crippen LogP contribution in [-0.4, -0.2) is 19.7 Å². The number of aromatic amines is 1. The molecule has 2 aromatic heterocycles. The molecule has 5 rings (SSSR count). The van der Waals surface area contributed by atoms with Gasteiger partial charge in [0.15, 0.2) is 5.82 Å². The molecule has 0 amide bonds. The van der Waals surface area contributed by atoms with Crippen LogP contribution in [-0.2, 0) is 13.0 Å². The van der Waals surface area contributed by atoms with Crippen LogP contribution in [0, 0.1) is 0 Å². The van der Waals surface area contributed by atoms with Crippen molar-refractivity contribution in [2.24, 2.45) is 0 Å². The minimum Gasteiger partial charge on any atom is -0.321 e. The predicted octanol–water partition coefficient (Wildman–Crippen LogP) is 4.41. The molecule has 0 aliphatic heterocycles. The first-order valence-corrected chi connectivity index (χ1v) is 10.9. The highest BCUT2D eigenvalue weighted by Crippen LogP contribution is 2.30. The lowest BCUT2D eigenvalue weighted by atomic mass is 9.98. The first kappa shape index (κ1) is 20.6. The highest BCUT2D eigenvalue weighted by Gasteiger charge is 2.13. The van der Waals surface area contributed by atoms with Crippen molar-refractivity contribution in [1.29, 1.82) is 0 Å². The molecule has 0 aliphatic carbocycles. The lowest BCUT2D eigenvalue weighted by Gasteiger charge is -2.14. The molecule has 0 aliphatic rings. The van der Waals surface area contributed by atoms with E-state index in [4.69, 9.17) is 9.51 Å². The van der Waals surface area contributed by atoms with Crippen molar-refractivity contribution in [2.75, 3.05) is 0 Å². The van der Waals surface area contributed by atoms with Gasteiger partial charge < -0.3 is 4.52 Å². The number of nitrogens with zero attached hydrogens (tertiary/aromatic N) is 3. The molecule has 7 heteroatoms. The fourth-order valence-electron chi connectivity index (χ4n) is 4.05. The smallest absolute Gasteiger partial charge is 0.321 e. The Morgan fingerprint density at radius 3 is 2.33 bits per heavy atom. The summed E-state index contributed by atoms with van der Waals surface area (Å²) < 4.78 is 6.51. The monoisotopic (exact) mass is 438 g/mol. The second kappa shape index (κ2) is 8.70. The third kappa shape index (κ3) is 4.01. The molecular weight excluding hydrogens is 416 g/mol. The van der Waals surface area contributed by atoms with Gasteiger partial charge in [-0.15, -0.1) is 0 Å². The van der Waals surface area contributed by atoms with Gasteiger partial charge in [-0.05, 0) is 35.2 Å². The molecular formula is C26H22N4O3. The van der Waals surface area contributed by atoms with E-state index in [-0.39, 0.29) is 5.56 Å². The molecule has 0 saturated carbocycles. The fraction of sp³-hybridized carbons (Fsp3) is 0.154. The van der Waals surface area contributed by atoms with Crippen LogP contribution in [0.25, 0.3) is 33.4 Å². The van der Waals surface area contributed by atoms with Crippen LogP contribution in [0.2, 0.25) is 0 Å². The standard InChI is InChI=1S/C26H22N4O3/c1-2-7-23-27-22-11-6-5-10-21(22)25(31)30(23)16-17-12-14-18(15-13-17)19-8-3-4-9-20(19)24-28-26(32)33-29-24/h3-6,8-15H,2,7,16H2,1H3,(H,28,29,32). The number of nitrogens with one attached hydrogen (secondary N) is 1. The Balaban J connectivity index is 1.51. The number of rotatable bonds is 6. The average Bonchev–Trinajstić information content (AvgIpc) is 3.28. The number of hydrogen-bond acceptors (Lipinski definition) is 5. The number of para-hydroxylation sites is 1. The van der Waals surface area contributed by atoms with Gasteiger partial charge in [0.25, 0.3) is 5.56 Å². The third-order valence-corrected chi connectivity index (χ3v) is 5.64. The quantitative estimate of drug-likeness (QED) is 0.424. The van der Waals surface area contributed by atoms with E-state index in [0.29, 0.717) is 17.8 Å². The first-order valence-electron chi connectivity index (χ1n) is 10.9. The predicted molar refractivity (Wildman–Crippen MR) is 127 cm³/mol. The van der Waals surface area contributed by atoms with Crippen molar-refractivity contribution in [2.45, 2.75) is 26.3 Å². The minimum atomic E-state index is -0.660. The molecule has 0 fully saturated rings. The van der Waals surface area contributed by atoms with Crippen molar-refractivity contribution in [3.63, 3.8) is 0 Å². The lowest BCUT2D eigenvalue weighted by Crippen LogP contribution is -2.26. The number of benzene rings is 3. The van der Waals surface area contributed by atoms with E-state index in [9.17, 15) is 9.59 Å². The van der Waals surface area contributed by atoms with Crippen molar-refractivity contribution < 1.29 is 4.52 Å². The van der Waals surface area contributed by atoms with Gasteiger partial charge in [-0.1, -0.05) is 67.6 Å².